The summed E-state index contributed by atoms with van der Waals surface area (Å²) >= 11 is 5.86. The third kappa shape index (κ3) is 3.09. The smallest absolute Gasteiger partial charge is 0.224 e. The Morgan fingerprint density at radius 3 is 2.72 bits per heavy atom. The lowest BCUT2D eigenvalue weighted by Crippen LogP contribution is -2.29. The highest BCUT2D eigenvalue weighted by molar-refractivity contribution is 6.30. The van der Waals surface area contributed by atoms with E-state index >= 15 is 0 Å². The minimum absolute atomic E-state index is 0.195. The van der Waals surface area contributed by atoms with Crippen molar-refractivity contribution in [3.8, 4) is 6.07 Å². The van der Waals surface area contributed by atoms with Crippen molar-refractivity contribution in [3.63, 3.8) is 0 Å². The van der Waals surface area contributed by atoms with E-state index < -0.39 is 0 Å². The van der Waals surface area contributed by atoms with Crippen LogP contribution in [0.2, 0.25) is 5.15 Å². The van der Waals surface area contributed by atoms with Gasteiger partial charge in [-0.2, -0.15) is 10.2 Å². The molecule has 5 nitrogen and oxygen atoms in total. The quantitative estimate of drug-likeness (QED) is 0.851. The minimum Gasteiger partial charge on any atom is -0.381 e. The van der Waals surface area contributed by atoms with E-state index in [9.17, 15) is 0 Å². The van der Waals surface area contributed by atoms with Crippen molar-refractivity contribution in [2.75, 3.05) is 12.4 Å². The molecule has 0 spiro atoms. The van der Waals surface area contributed by atoms with Crippen molar-refractivity contribution in [3.05, 3.63) is 16.9 Å². The number of rotatable bonds is 3. The third-order valence-electron chi connectivity index (χ3n) is 3.20. The lowest BCUT2D eigenvalue weighted by atomic mass is 9.93. The Morgan fingerprint density at radius 2 is 2.17 bits per heavy atom. The molecule has 0 radical (unpaired) electrons. The van der Waals surface area contributed by atoms with Crippen LogP contribution in [-0.4, -0.2) is 29.2 Å². The highest BCUT2D eigenvalue weighted by Crippen LogP contribution is 2.23. The molecule has 0 saturated heterocycles. The molecule has 18 heavy (non-hydrogen) atoms. The Hall–Kier alpha value is -1.38. The molecule has 0 amide bonds. The summed E-state index contributed by atoms with van der Waals surface area (Å²) in [6.45, 7) is 0. The molecule has 0 aromatic carbocycles. The lowest BCUT2D eigenvalue weighted by molar-refractivity contribution is 0.0681. The maximum absolute atomic E-state index is 8.74. The first-order valence-corrected chi connectivity index (χ1v) is 6.32. The normalized spacial score (nSPS) is 23.4. The van der Waals surface area contributed by atoms with Gasteiger partial charge in [0.25, 0.3) is 0 Å². The maximum Gasteiger partial charge on any atom is 0.224 e. The molecule has 6 heteroatoms. The van der Waals surface area contributed by atoms with Gasteiger partial charge in [-0.25, -0.2) is 4.98 Å². The second-order valence-corrected chi connectivity index (χ2v) is 4.72. The van der Waals surface area contributed by atoms with Crippen molar-refractivity contribution in [2.24, 2.45) is 0 Å². The molecule has 96 valence electrons. The van der Waals surface area contributed by atoms with Crippen LogP contribution in [0, 0.1) is 11.3 Å². The topological polar surface area (TPSA) is 70.8 Å². The van der Waals surface area contributed by atoms with Gasteiger partial charge in [0, 0.05) is 13.2 Å². The summed E-state index contributed by atoms with van der Waals surface area (Å²) in [4.78, 5) is 8.15. The van der Waals surface area contributed by atoms with Gasteiger partial charge in [-0.15, -0.1) is 0 Å². The van der Waals surface area contributed by atoms with Crippen LogP contribution < -0.4 is 5.32 Å². The fourth-order valence-electron chi connectivity index (χ4n) is 2.13. The van der Waals surface area contributed by atoms with Crippen molar-refractivity contribution in [1.29, 1.82) is 5.26 Å². The van der Waals surface area contributed by atoms with Crippen LogP contribution in [-0.2, 0) is 4.74 Å². The number of anilines is 1. The number of hydrogen-bond acceptors (Lipinski definition) is 5. The number of halogens is 1. The zero-order chi connectivity index (χ0) is 13.0. The summed E-state index contributed by atoms with van der Waals surface area (Å²) in [5, 5.41) is 12.2. The SMILES string of the molecule is COC1CCC(Nc2ncc(C#N)c(Cl)n2)CC1. The van der Waals surface area contributed by atoms with Gasteiger partial charge in [0.2, 0.25) is 5.95 Å². The average Bonchev–Trinajstić information content (AvgIpc) is 2.40. The molecule has 1 fully saturated rings. The molecule has 0 aliphatic heterocycles. The van der Waals surface area contributed by atoms with E-state index in [1.165, 1.54) is 6.20 Å². The Labute approximate surface area is 111 Å². The first-order chi connectivity index (χ1) is 8.72. The Bertz CT molecular complexity index is 452. The largest absolute Gasteiger partial charge is 0.381 e. The van der Waals surface area contributed by atoms with E-state index in [2.05, 4.69) is 15.3 Å². The number of ether oxygens (including phenoxy) is 1. The van der Waals surface area contributed by atoms with E-state index in [-0.39, 0.29) is 5.15 Å². The summed E-state index contributed by atoms with van der Waals surface area (Å²) in [7, 11) is 1.75. The first kappa shape index (κ1) is 13.1. The molecule has 1 aliphatic carbocycles. The van der Waals surface area contributed by atoms with Crippen molar-refractivity contribution in [2.45, 2.75) is 37.8 Å². The molecule has 1 aromatic heterocycles. The van der Waals surface area contributed by atoms with Crippen LogP contribution in [0.15, 0.2) is 6.20 Å². The van der Waals surface area contributed by atoms with Gasteiger partial charge < -0.3 is 10.1 Å². The van der Waals surface area contributed by atoms with Crippen LogP contribution in [0.5, 0.6) is 0 Å². The van der Waals surface area contributed by atoms with E-state index in [4.69, 9.17) is 21.6 Å². The monoisotopic (exact) mass is 266 g/mol. The number of hydrogen-bond donors (Lipinski definition) is 1. The van der Waals surface area contributed by atoms with Gasteiger partial charge >= 0.3 is 0 Å². The summed E-state index contributed by atoms with van der Waals surface area (Å²) in [5.41, 5.74) is 0.297. The van der Waals surface area contributed by atoms with Crippen LogP contribution >= 0.6 is 11.6 Å². The number of methoxy groups -OCH3 is 1. The summed E-state index contributed by atoms with van der Waals surface area (Å²) in [6.07, 6.45) is 5.95. The summed E-state index contributed by atoms with van der Waals surface area (Å²) < 4.78 is 5.32. The predicted molar refractivity (Wildman–Crippen MR) is 68.4 cm³/mol. The minimum atomic E-state index is 0.195. The molecule has 1 aliphatic rings. The zero-order valence-corrected chi connectivity index (χ0v) is 10.9. The summed E-state index contributed by atoms with van der Waals surface area (Å²) in [6, 6.07) is 2.29. The standard InChI is InChI=1S/C12H15ClN4O/c1-18-10-4-2-9(3-5-10)16-12-15-7-8(6-14)11(13)17-12/h7,9-10H,2-5H2,1H3,(H,15,16,17). The Kier molecular flexibility index (Phi) is 4.34. The van der Waals surface area contributed by atoms with Crippen molar-refractivity contribution in [1.82, 2.24) is 9.97 Å². The second kappa shape index (κ2) is 5.98. The molecule has 1 saturated carbocycles. The second-order valence-electron chi connectivity index (χ2n) is 4.36. The highest BCUT2D eigenvalue weighted by atomic mass is 35.5. The van der Waals surface area contributed by atoms with Gasteiger partial charge in [0.05, 0.1) is 12.3 Å². The van der Waals surface area contributed by atoms with Gasteiger partial charge in [0.1, 0.15) is 11.6 Å². The third-order valence-corrected chi connectivity index (χ3v) is 3.49. The van der Waals surface area contributed by atoms with Crippen LogP contribution in [0.3, 0.4) is 0 Å². The van der Waals surface area contributed by atoms with Gasteiger partial charge in [0.15, 0.2) is 5.15 Å². The first-order valence-electron chi connectivity index (χ1n) is 5.95. The number of nitriles is 1. The maximum atomic E-state index is 8.74. The number of aromatic nitrogens is 2. The molecule has 0 bridgehead atoms. The van der Waals surface area contributed by atoms with Gasteiger partial charge in [-0.3, -0.25) is 0 Å². The average molecular weight is 267 g/mol. The van der Waals surface area contributed by atoms with E-state index in [1.54, 1.807) is 7.11 Å². The molecular weight excluding hydrogens is 252 g/mol. The fourth-order valence-corrected chi connectivity index (χ4v) is 2.30. The zero-order valence-electron chi connectivity index (χ0n) is 10.2. The molecule has 0 atom stereocenters. The van der Waals surface area contributed by atoms with Crippen LogP contribution in [0.4, 0.5) is 5.95 Å². The molecule has 0 unspecified atom stereocenters. The van der Waals surface area contributed by atoms with E-state index in [0.717, 1.165) is 25.7 Å². The molecule has 1 N–H and O–H groups in total. The molecule has 1 aromatic rings. The Morgan fingerprint density at radius 1 is 1.44 bits per heavy atom. The lowest BCUT2D eigenvalue weighted by Gasteiger charge is -2.28. The van der Waals surface area contributed by atoms with Crippen molar-refractivity contribution < 1.29 is 4.74 Å². The fraction of sp³-hybridized carbons (Fsp3) is 0.583. The van der Waals surface area contributed by atoms with Crippen molar-refractivity contribution >= 4 is 17.5 Å². The predicted octanol–water partition coefficient (Wildman–Crippen LogP) is 2.37. The van der Waals surface area contributed by atoms with E-state index in [0.29, 0.717) is 23.7 Å². The number of nitrogens with one attached hydrogen (secondary N) is 1. The highest BCUT2D eigenvalue weighted by Gasteiger charge is 2.21. The Balaban J connectivity index is 1.94. The molecule has 2 rings (SSSR count). The van der Waals surface area contributed by atoms with Crippen LogP contribution in [0.1, 0.15) is 31.2 Å². The molecule has 1 heterocycles. The number of nitrogens with zero attached hydrogens (tertiary/aromatic N) is 3. The summed E-state index contributed by atoms with van der Waals surface area (Å²) in [5.74, 6) is 0.486. The molecular formula is C12H15ClN4O. The van der Waals surface area contributed by atoms with Crippen LogP contribution in [0.25, 0.3) is 0 Å². The van der Waals surface area contributed by atoms with Gasteiger partial charge in [-0.05, 0) is 25.7 Å². The van der Waals surface area contributed by atoms with E-state index in [1.807, 2.05) is 6.07 Å². The van der Waals surface area contributed by atoms with Gasteiger partial charge in [-0.1, -0.05) is 11.6 Å².